The van der Waals surface area contributed by atoms with Gasteiger partial charge in [0.2, 0.25) is 0 Å². The Morgan fingerprint density at radius 3 is 2.57 bits per heavy atom. The minimum absolute atomic E-state index is 0.205. The van der Waals surface area contributed by atoms with Crippen molar-refractivity contribution in [1.82, 2.24) is 4.90 Å². The highest BCUT2D eigenvalue weighted by Crippen LogP contribution is 2.26. The van der Waals surface area contributed by atoms with Crippen molar-refractivity contribution in [1.29, 1.82) is 5.26 Å². The van der Waals surface area contributed by atoms with Crippen molar-refractivity contribution in [2.45, 2.75) is 12.3 Å². The fraction of sp³-hybridized carbons (Fsp3) is 0.158. The van der Waals surface area contributed by atoms with Crippen LogP contribution in [0.25, 0.3) is 0 Å². The molecule has 3 rings (SSSR count). The molecule has 0 fully saturated rings. The predicted octanol–water partition coefficient (Wildman–Crippen LogP) is 4.06. The molecule has 2 aromatic rings. The molecular weight excluding hydrogens is 288 g/mol. The molecule has 0 saturated heterocycles. The number of hydrogen-bond donors (Lipinski definition) is 0. The minimum Gasteiger partial charge on any atom is -0.410 e. The first-order valence-electron chi connectivity index (χ1n) is 7.46. The van der Waals surface area contributed by atoms with Gasteiger partial charge < -0.3 is 4.74 Å². The zero-order valence-corrected chi connectivity index (χ0v) is 12.6. The summed E-state index contributed by atoms with van der Waals surface area (Å²) < 4.78 is 5.37. The average Bonchev–Trinajstić information content (AvgIpc) is 2.63. The third kappa shape index (κ3) is 3.58. The topological polar surface area (TPSA) is 53.3 Å². The normalized spacial score (nSPS) is 16.7. The van der Waals surface area contributed by atoms with Gasteiger partial charge >= 0.3 is 6.09 Å². The maximum atomic E-state index is 12.3. The molecule has 1 heterocycles. The lowest BCUT2D eigenvalue weighted by Gasteiger charge is -2.27. The second kappa shape index (κ2) is 6.80. The van der Waals surface area contributed by atoms with Gasteiger partial charge in [0.15, 0.2) is 0 Å². The summed E-state index contributed by atoms with van der Waals surface area (Å²) in [7, 11) is 0. The Morgan fingerprint density at radius 2 is 1.87 bits per heavy atom. The van der Waals surface area contributed by atoms with Gasteiger partial charge in [0.25, 0.3) is 0 Å². The van der Waals surface area contributed by atoms with Gasteiger partial charge in [-0.25, -0.2) is 4.79 Å². The number of nitriles is 1. The number of para-hydroxylation sites is 1. The van der Waals surface area contributed by atoms with Crippen LogP contribution in [-0.2, 0) is 0 Å². The van der Waals surface area contributed by atoms with E-state index in [1.54, 1.807) is 35.4 Å². The maximum Gasteiger partial charge on any atom is 0.419 e. The molecule has 23 heavy (non-hydrogen) atoms. The summed E-state index contributed by atoms with van der Waals surface area (Å²) in [5, 5.41) is 8.86. The Kier molecular flexibility index (Phi) is 4.39. The van der Waals surface area contributed by atoms with Crippen molar-refractivity contribution in [2.24, 2.45) is 0 Å². The summed E-state index contributed by atoms with van der Waals surface area (Å²) in [6.07, 6.45) is 4.22. The van der Waals surface area contributed by atoms with Gasteiger partial charge in [-0.1, -0.05) is 36.4 Å². The molecule has 0 aliphatic carbocycles. The molecule has 1 atom stereocenters. The third-order valence-corrected chi connectivity index (χ3v) is 3.82. The van der Waals surface area contributed by atoms with Crippen molar-refractivity contribution < 1.29 is 9.53 Å². The Labute approximate surface area is 135 Å². The largest absolute Gasteiger partial charge is 0.419 e. The number of carbonyl (C=O) groups excluding carboxylic acids is 1. The standard InChI is InChI=1S/C19H16N2O2/c20-13-15-8-10-16(11-9-15)17-5-4-12-21(14-17)19(22)23-18-6-2-1-3-7-18/h1-4,6-12,17H,5,14H2/t17-/m1/s1. The van der Waals surface area contributed by atoms with Crippen LogP contribution in [-0.4, -0.2) is 17.5 Å². The van der Waals surface area contributed by atoms with Gasteiger partial charge in [0.05, 0.1) is 11.6 Å². The van der Waals surface area contributed by atoms with Crippen molar-refractivity contribution in [2.75, 3.05) is 6.54 Å². The molecule has 0 saturated carbocycles. The molecule has 0 bridgehead atoms. The highest BCUT2D eigenvalue weighted by Gasteiger charge is 2.22. The van der Waals surface area contributed by atoms with Crippen LogP contribution in [0.4, 0.5) is 4.79 Å². The summed E-state index contributed by atoms with van der Waals surface area (Å²) in [5.74, 6) is 0.738. The maximum absolute atomic E-state index is 12.3. The summed E-state index contributed by atoms with van der Waals surface area (Å²) >= 11 is 0. The second-order valence-corrected chi connectivity index (χ2v) is 5.38. The van der Waals surface area contributed by atoms with Crippen molar-refractivity contribution >= 4 is 6.09 Å². The molecule has 4 nitrogen and oxygen atoms in total. The SMILES string of the molecule is N#Cc1ccc([C@@H]2CC=CN(C(=O)Oc3ccccc3)C2)cc1. The molecule has 0 unspecified atom stereocenters. The lowest BCUT2D eigenvalue weighted by atomic mass is 9.93. The van der Waals surface area contributed by atoms with Gasteiger partial charge in [0.1, 0.15) is 5.75 Å². The van der Waals surface area contributed by atoms with E-state index in [-0.39, 0.29) is 12.0 Å². The van der Waals surface area contributed by atoms with Crippen molar-refractivity contribution in [3.8, 4) is 11.8 Å². The predicted molar refractivity (Wildman–Crippen MR) is 86.8 cm³/mol. The first-order valence-corrected chi connectivity index (χ1v) is 7.46. The number of hydrogen-bond acceptors (Lipinski definition) is 3. The van der Waals surface area contributed by atoms with E-state index in [0.717, 1.165) is 12.0 Å². The van der Waals surface area contributed by atoms with Gasteiger partial charge in [-0.15, -0.1) is 0 Å². The van der Waals surface area contributed by atoms with Crippen molar-refractivity contribution in [3.05, 3.63) is 78.0 Å². The van der Waals surface area contributed by atoms with Gasteiger partial charge in [-0.05, 0) is 36.2 Å². The van der Waals surface area contributed by atoms with Crippen LogP contribution >= 0.6 is 0 Å². The second-order valence-electron chi connectivity index (χ2n) is 5.38. The fourth-order valence-corrected chi connectivity index (χ4v) is 2.58. The Bertz CT molecular complexity index is 745. The van der Waals surface area contributed by atoms with E-state index in [9.17, 15) is 4.79 Å². The smallest absolute Gasteiger partial charge is 0.410 e. The van der Waals surface area contributed by atoms with E-state index in [1.807, 2.05) is 36.4 Å². The van der Waals surface area contributed by atoms with E-state index in [1.165, 1.54) is 0 Å². The first-order chi connectivity index (χ1) is 11.3. The van der Waals surface area contributed by atoms with Gasteiger partial charge in [0, 0.05) is 18.7 Å². The zero-order chi connectivity index (χ0) is 16.1. The average molecular weight is 304 g/mol. The molecule has 0 aromatic heterocycles. The lowest BCUT2D eigenvalue weighted by Crippen LogP contribution is -2.34. The molecule has 4 heteroatoms. The van der Waals surface area contributed by atoms with Crippen molar-refractivity contribution in [3.63, 3.8) is 0 Å². The number of benzene rings is 2. The number of ether oxygens (including phenoxy) is 1. The van der Waals surface area contributed by atoms with Crippen LogP contribution in [0.3, 0.4) is 0 Å². The van der Waals surface area contributed by atoms with Crippen LogP contribution in [0.5, 0.6) is 5.75 Å². The Hall–Kier alpha value is -3.06. The number of nitrogens with zero attached hydrogens (tertiary/aromatic N) is 2. The van der Waals surface area contributed by atoms with Gasteiger partial charge in [-0.2, -0.15) is 5.26 Å². The number of rotatable bonds is 2. The number of amides is 1. The monoisotopic (exact) mass is 304 g/mol. The molecule has 0 radical (unpaired) electrons. The van der Waals surface area contributed by atoms with Crippen LogP contribution in [0.1, 0.15) is 23.5 Å². The summed E-state index contributed by atoms with van der Waals surface area (Å²) in [6, 6.07) is 18.7. The van der Waals surface area contributed by atoms with E-state index in [0.29, 0.717) is 17.9 Å². The van der Waals surface area contributed by atoms with Crippen LogP contribution < -0.4 is 4.74 Å². The highest BCUT2D eigenvalue weighted by molar-refractivity contribution is 5.72. The Balaban J connectivity index is 1.68. The summed E-state index contributed by atoms with van der Waals surface area (Å²) in [4.78, 5) is 13.8. The molecule has 1 aliphatic heterocycles. The lowest BCUT2D eigenvalue weighted by molar-refractivity contribution is 0.165. The summed E-state index contributed by atoms with van der Waals surface area (Å²) in [5.41, 5.74) is 1.76. The first kappa shape index (κ1) is 14.9. The van der Waals surface area contributed by atoms with Crippen LogP contribution in [0.15, 0.2) is 66.9 Å². The van der Waals surface area contributed by atoms with E-state index in [2.05, 4.69) is 6.07 Å². The highest BCUT2D eigenvalue weighted by atomic mass is 16.6. The van der Waals surface area contributed by atoms with E-state index in [4.69, 9.17) is 10.00 Å². The molecular formula is C19H16N2O2. The zero-order valence-electron chi connectivity index (χ0n) is 12.6. The Morgan fingerprint density at radius 1 is 1.13 bits per heavy atom. The molecule has 114 valence electrons. The minimum atomic E-state index is -0.384. The summed E-state index contributed by atoms with van der Waals surface area (Å²) in [6.45, 7) is 0.564. The quantitative estimate of drug-likeness (QED) is 0.840. The molecule has 2 aromatic carbocycles. The van der Waals surface area contributed by atoms with Crippen LogP contribution in [0.2, 0.25) is 0 Å². The van der Waals surface area contributed by atoms with E-state index < -0.39 is 0 Å². The number of carbonyl (C=O) groups is 1. The molecule has 1 amide bonds. The van der Waals surface area contributed by atoms with E-state index >= 15 is 0 Å². The molecule has 0 spiro atoms. The molecule has 1 aliphatic rings. The van der Waals surface area contributed by atoms with Gasteiger partial charge in [-0.3, -0.25) is 4.90 Å². The third-order valence-electron chi connectivity index (χ3n) is 3.82. The van der Waals surface area contributed by atoms with Crippen LogP contribution in [0, 0.1) is 11.3 Å². The number of allylic oxidation sites excluding steroid dienone is 1. The molecule has 0 N–H and O–H groups in total. The fourth-order valence-electron chi connectivity index (χ4n) is 2.58.